The maximum atomic E-state index is 12.6. The highest BCUT2D eigenvalue weighted by atomic mass is 16.5. The van der Waals surface area contributed by atoms with Gasteiger partial charge in [0.25, 0.3) is 0 Å². The van der Waals surface area contributed by atoms with Gasteiger partial charge in [-0.15, -0.1) is 0 Å². The number of carboxylic acid groups (broad SMARTS) is 1. The van der Waals surface area contributed by atoms with Crippen molar-refractivity contribution in [2.24, 2.45) is 0 Å². The SMILES string of the molecule is CCCC[C@@H]1O[C@H](CC(=O)O)Cc2cc3c(c(O)c21)C(=O)C=C(NC)C3=O. The number of rotatable bonds is 6. The summed E-state index contributed by atoms with van der Waals surface area (Å²) in [6, 6.07) is 1.62. The van der Waals surface area contributed by atoms with Crippen LogP contribution in [0.15, 0.2) is 17.8 Å². The van der Waals surface area contributed by atoms with Crippen LogP contribution in [0, 0.1) is 0 Å². The van der Waals surface area contributed by atoms with E-state index in [-0.39, 0.29) is 41.2 Å². The number of aliphatic carboxylic acids is 1. The molecule has 0 amide bonds. The zero-order chi connectivity index (χ0) is 19.7. The van der Waals surface area contributed by atoms with E-state index in [0.717, 1.165) is 12.8 Å². The van der Waals surface area contributed by atoms with E-state index in [0.29, 0.717) is 17.5 Å². The van der Waals surface area contributed by atoms with Crippen LogP contribution in [0.4, 0.5) is 0 Å². The van der Waals surface area contributed by atoms with Crippen molar-refractivity contribution in [1.29, 1.82) is 0 Å². The minimum atomic E-state index is -0.966. The van der Waals surface area contributed by atoms with Crippen LogP contribution in [0.25, 0.3) is 0 Å². The monoisotopic (exact) mass is 373 g/mol. The summed E-state index contributed by atoms with van der Waals surface area (Å²) in [6.45, 7) is 2.03. The Labute approximate surface area is 157 Å². The van der Waals surface area contributed by atoms with Crippen molar-refractivity contribution < 1.29 is 29.3 Å². The highest BCUT2D eigenvalue weighted by molar-refractivity contribution is 6.25. The minimum Gasteiger partial charge on any atom is -0.507 e. The molecule has 0 unspecified atom stereocenters. The summed E-state index contributed by atoms with van der Waals surface area (Å²) in [5.74, 6) is -1.98. The molecule has 0 saturated carbocycles. The Morgan fingerprint density at radius 1 is 1.37 bits per heavy atom. The number of unbranched alkanes of at least 4 members (excludes halogenated alkanes) is 1. The van der Waals surface area contributed by atoms with Crippen LogP contribution < -0.4 is 5.32 Å². The fourth-order valence-electron chi connectivity index (χ4n) is 3.81. The largest absolute Gasteiger partial charge is 0.507 e. The van der Waals surface area contributed by atoms with Gasteiger partial charge in [0, 0.05) is 24.3 Å². The lowest BCUT2D eigenvalue weighted by Crippen LogP contribution is -2.31. The molecule has 1 aromatic carbocycles. The van der Waals surface area contributed by atoms with E-state index in [2.05, 4.69) is 5.32 Å². The van der Waals surface area contributed by atoms with Crippen molar-refractivity contribution in [2.75, 3.05) is 7.05 Å². The van der Waals surface area contributed by atoms with Gasteiger partial charge in [-0.25, -0.2) is 0 Å². The number of benzene rings is 1. The van der Waals surface area contributed by atoms with Crippen LogP contribution in [0.3, 0.4) is 0 Å². The maximum Gasteiger partial charge on any atom is 0.305 e. The zero-order valence-electron chi connectivity index (χ0n) is 15.4. The third-order valence-electron chi connectivity index (χ3n) is 5.05. The lowest BCUT2D eigenvalue weighted by Gasteiger charge is -2.34. The number of allylic oxidation sites excluding steroid dienone is 2. The van der Waals surface area contributed by atoms with E-state index in [1.807, 2.05) is 6.92 Å². The summed E-state index contributed by atoms with van der Waals surface area (Å²) < 4.78 is 5.94. The lowest BCUT2D eigenvalue weighted by molar-refractivity contribution is -0.142. The molecule has 0 spiro atoms. The second kappa shape index (κ2) is 7.52. The molecule has 2 aliphatic rings. The number of nitrogens with one attached hydrogen (secondary N) is 1. The molecule has 7 nitrogen and oxygen atoms in total. The second-order valence-electron chi connectivity index (χ2n) is 6.91. The number of carbonyl (C=O) groups excluding carboxylic acids is 2. The van der Waals surface area contributed by atoms with Crippen LogP contribution in [-0.4, -0.2) is 40.9 Å². The van der Waals surface area contributed by atoms with E-state index in [1.165, 1.54) is 6.08 Å². The van der Waals surface area contributed by atoms with E-state index in [1.54, 1.807) is 13.1 Å². The molecule has 3 rings (SSSR count). The van der Waals surface area contributed by atoms with Gasteiger partial charge < -0.3 is 20.3 Å². The van der Waals surface area contributed by atoms with Crippen LogP contribution in [0.1, 0.15) is 70.6 Å². The van der Waals surface area contributed by atoms with Crippen molar-refractivity contribution in [3.63, 3.8) is 0 Å². The molecular formula is C20H23NO6. The summed E-state index contributed by atoms with van der Waals surface area (Å²) in [7, 11) is 1.55. The van der Waals surface area contributed by atoms with Gasteiger partial charge in [0.05, 0.1) is 29.9 Å². The molecule has 0 bridgehead atoms. The summed E-state index contributed by atoms with van der Waals surface area (Å²) in [5.41, 5.74) is 1.49. The zero-order valence-corrected chi connectivity index (χ0v) is 15.4. The predicted octanol–water partition coefficient (Wildman–Crippen LogP) is 2.52. The number of Topliss-reactive ketones (excluding diaryl/α,β-unsaturated/α-hetero) is 1. The third kappa shape index (κ3) is 3.47. The molecule has 2 atom stereocenters. The van der Waals surface area contributed by atoms with Gasteiger partial charge in [0.15, 0.2) is 5.78 Å². The van der Waals surface area contributed by atoms with Gasteiger partial charge in [-0.1, -0.05) is 19.8 Å². The molecule has 7 heteroatoms. The molecule has 3 N–H and O–H groups in total. The van der Waals surface area contributed by atoms with E-state index in [9.17, 15) is 19.5 Å². The molecule has 1 aliphatic heterocycles. The summed E-state index contributed by atoms with van der Waals surface area (Å²) in [4.78, 5) is 36.2. The van der Waals surface area contributed by atoms with Gasteiger partial charge >= 0.3 is 5.97 Å². The Bertz CT molecular complexity index is 841. The molecule has 0 radical (unpaired) electrons. The number of likely N-dealkylation sites (N-methyl/N-ethyl adjacent to an activating group) is 1. The topological polar surface area (TPSA) is 113 Å². The summed E-state index contributed by atoms with van der Waals surface area (Å²) in [5, 5.41) is 22.7. The molecule has 27 heavy (non-hydrogen) atoms. The number of ketones is 2. The average molecular weight is 373 g/mol. The molecule has 0 saturated heterocycles. The van der Waals surface area contributed by atoms with Crippen LogP contribution in [-0.2, 0) is 16.0 Å². The highest BCUT2D eigenvalue weighted by Gasteiger charge is 2.37. The average Bonchev–Trinajstić information content (AvgIpc) is 2.61. The van der Waals surface area contributed by atoms with E-state index >= 15 is 0 Å². The van der Waals surface area contributed by atoms with Gasteiger partial charge in [0.1, 0.15) is 5.75 Å². The number of hydrogen-bond donors (Lipinski definition) is 3. The number of carbonyl (C=O) groups is 3. The first kappa shape index (κ1) is 19.1. The first-order chi connectivity index (χ1) is 12.9. The van der Waals surface area contributed by atoms with Gasteiger partial charge in [-0.3, -0.25) is 14.4 Å². The Morgan fingerprint density at radius 3 is 2.74 bits per heavy atom. The van der Waals surface area contributed by atoms with Crippen LogP contribution >= 0.6 is 0 Å². The summed E-state index contributed by atoms with van der Waals surface area (Å²) in [6.07, 6.45) is 2.61. The first-order valence-corrected chi connectivity index (χ1v) is 9.11. The third-order valence-corrected chi connectivity index (χ3v) is 5.05. The molecule has 1 aromatic rings. The Morgan fingerprint density at radius 2 is 2.11 bits per heavy atom. The maximum absolute atomic E-state index is 12.6. The first-order valence-electron chi connectivity index (χ1n) is 9.11. The predicted molar refractivity (Wildman–Crippen MR) is 97.0 cm³/mol. The van der Waals surface area contributed by atoms with Gasteiger partial charge in [-0.2, -0.15) is 0 Å². The number of aromatic hydroxyl groups is 1. The van der Waals surface area contributed by atoms with Crippen molar-refractivity contribution in [3.8, 4) is 5.75 Å². The van der Waals surface area contributed by atoms with E-state index in [4.69, 9.17) is 9.84 Å². The Kier molecular flexibility index (Phi) is 5.32. The van der Waals surface area contributed by atoms with E-state index < -0.39 is 24.0 Å². The van der Waals surface area contributed by atoms with Crippen LogP contribution in [0.5, 0.6) is 5.75 Å². The fourth-order valence-corrected chi connectivity index (χ4v) is 3.81. The number of phenolic OH excluding ortho intramolecular Hbond substituents is 1. The fraction of sp³-hybridized carbons (Fsp3) is 0.450. The molecule has 1 heterocycles. The van der Waals surface area contributed by atoms with Crippen LogP contribution in [0.2, 0.25) is 0 Å². The molecule has 1 aliphatic carbocycles. The Balaban J connectivity index is 2.11. The number of fused-ring (bicyclic) bond motifs is 2. The second-order valence-corrected chi connectivity index (χ2v) is 6.91. The van der Waals surface area contributed by atoms with Crippen molar-refractivity contribution in [1.82, 2.24) is 5.32 Å². The Hall–Kier alpha value is -2.67. The van der Waals surface area contributed by atoms with Crippen molar-refractivity contribution in [3.05, 3.63) is 40.1 Å². The number of phenols is 1. The van der Waals surface area contributed by atoms with Gasteiger partial charge in [-0.05, 0) is 24.5 Å². The smallest absolute Gasteiger partial charge is 0.305 e. The highest BCUT2D eigenvalue weighted by Crippen LogP contribution is 2.44. The quantitative estimate of drug-likeness (QED) is 0.702. The molecular weight excluding hydrogens is 350 g/mol. The van der Waals surface area contributed by atoms with Crippen molar-refractivity contribution in [2.45, 2.75) is 51.2 Å². The minimum absolute atomic E-state index is 0.000432. The van der Waals surface area contributed by atoms with Crippen molar-refractivity contribution >= 4 is 17.5 Å². The molecule has 144 valence electrons. The van der Waals surface area contributed by atoms with Gasteiger partial charge in [0.2, 0.25) is 5.78 Å². The summed E-state index contributed by atoms with van der Waals surface area (Å²) >= 11 is 0. The normalized spacial score (nSPS) is 21.3. The standard InChI is InChI=1S/C20H23NO6/c1-3-4-5-15-17-10(6-11(27-15)8-16(23)24)7-12-18(20(17)26)14(22)9-13(21-2)19(12)25/h7,9,11,15,21,26H,3-6,8H2,1-2H3,(H,23,24)/t11-,15-/m0/s1. The number of ether oxygens (including phenoxy) is 1. The lowest BCUT2D eigenvalue weighted by atomic mass is 9.82. The molecule has 0 aromatic heterocycles. The number of hydrogen-bond acceptors (Lipinski definition) is 6. The number of carboxylic acids is 1. The molecule has 0 fully saturated rings.